The molecule has 0 amide bonds. The van der Waals surface area contributed by atoms with Crippen molar-refractivity contribution in [2.24, 2.45) is 11.8 Å². The van der Waals surface area contributed by atoms with Gasteiger partial charge >= 0.3 is 0 Å². The van der Waals surface area contributed by atoms with Gasteiger partial charge in [0.2, 0.25) is 0 Å². The van der Waals surface area contributed by atoms with Crippen molar-refractivity contribution in [2.75, 3.05) is 0 Å². The van der Waals surface area contributed by atoms with Gasteiger partial charge in [0, 0.05) is 5.92 Å². The lowest BCUT2D eigenvalue weighted by atomic mass is 9.91. The first-order chi connectivity index (χ1) is 4.63. The second-order valence-corrected chi connectivity index (χ2v) is 2.82. The molecule has 0 aliphatic heterocycles. The van der Waals surface area contributed by atoms with E-state index in [4.69, 9.17) is 0 Å². The SMILES string of the molecule is C/C=C(\C)C(C)C(C)C=O. The Morgan fingerprint density at radius 1 is 1.40 bits per heavy atom. The highest BCUT2D eigenvalue weighted by molar-refractivity contribution is 5.54. The number of allylic oxidation sites excluding steroid dienone is 2. The van der Waals surface area contributed by atoms with Crippen LogP contribution in [-0.2, 0) is 4.79 Å². The number of rotatable bonds is 3. The summed E-state index contributed by atoms with van der Waals surface area (Å²) in [4.78, 5) is 10.3. The molecule has 0 saturated carbocycles. The molecule has 0 aromatic rings. The Balaban J connectivity index is 4.06. The van der Waals surface area contributed by atoms with Gasteiger partial charge in [0.1, 0.15) is 6.29 Å². The standard InChI is InChI=1S/C9H16O/c1-5-7(2)9(4)8(3)6-10/h5-6,8-9H,1-4H3/b7-5+. The zero-order chi connectivity index (χ0) is 8.15. The maximum absolute atomic E-state index is 10.3. The smallest absolute Gasteiger partial charge is 0.123 e. The molecule has 2 unspecified atom stereocenters. The van der Waals surface area contributed by atoms with Crippen molar-refractivity contribution in [1.29, 1.82) is 0 Å². The first-order valence-electron chi connectivity index (χ1n) is 3.71. The second-order valence-electron chi connectivity index (χ2n) is 2.82. The van der Waals surface area contributed by atoms with E-state index in [1.807, 2.05) is 13.8 Å². The van der Waals surface area contributed by atoms with Crippen LogP contribution in [0, 0.1) is 11.8 Å². The molecule has 0 spiro atoms. The topological polar surface area (TPSA) is 17.1 Å². The first-order valence-corrected chi connectivity index (χ1v) is 3.71. The molecule has 0 aliphatic carbocycles. The Bertz CT molecular complexity index is 136. The highest BCUT2D eigenvalue weighted by atomic mass is 16.1. The van der Waals surface area contributed by atoms with Crippen LogP contribution in [0.1, 0.15) is 27.7 Å². The average Bonchev–Trinajstić information content (AvgIpc) is 2.00. The Labute approximate surface area is 63.1 Å². The van der Waals surface area contributed by atoms with Crippen molar-refractivity contribution < 1.29 is 4.79 Å². The third-order valence-electron chi connectivity index (χ3n) is 2.18. The lowest BCUT2D eigenvalue weighted by Gasteiger charge is -2.14. The molecule has 0 aromatic heterocycles. The van der Waals surface area contributed by atoms with Crippen molar-refractivity contribution in [2.45, 2.75) is 27.7 Å². The predicted molar refractivity (Wildman–Crippen MR) is 43.8 cm³/mol. The van der Waals surface area contributed by atoms with E-state index in [1.54, 1.807) is 0 Å². The summed E-state index contributed by atoms with van der Waals surface area (Å²) in [6.45, 7) is 8.09. The van der Waals surface area contributed by atoms with Gasteiger partial charge in [0.05, 0.1) is 0 Å². The van der Waals surface area contributed by atoms with Gasteiger partial charge in [0.15, 0.2) is 0 Å². The summed E-state index contributed by atoms with van der Waals surface area (Å²) in [5.41, 5.74) is 1.29. The third kappa shape index (κ3) is 2.34. The zero-order valence-electron chi connectivity index (χ0n) is 7.22. The Kier molecular flexibility index (Phi) is 4.01. The van der Waals surface area contributed by atoms with Crippen molar-refractivity contribution in [3.8, 4) is 0 Å². The predicted octanol–water partition coefficient (Wildman–Crippen LogP) is 2.42. The Hall–Kier alpha value is -0.590. The molecule has 1 heteroatoms. The van der Waals surface area contributed by atoms with Gasteiger partial charge in [-0.05, 0) is 19.8 Å². The molecule has 0 aliphatic rings. The summed E-state index contributed by atoms with van der Waals surface area (Å²) in [6.07, 6.45) is 3.07. The van der Waals surface area contributed by atoms with Crippen LogP contribution >= 0.6 is 0 Å². The Morgan fingerprint density at radius 3 is 2.20 bits per heavy atom. The fourth-order valence-corrected chi connectivity index (χ4v) is 0.795. The summed E-state index contributed by atoms with van der Waals surface area (Å²) in [5.74, 6) is 0.540. The minimum Gasteiger partial charge on any atom is -0.303 e. The van der Waals surface area contributed by atoms with Crippen LogP contribution in [0.15, 0.2) is 11.6 Å². The quantitative estimate of drug-likeness (QED) is 0.434. The highest BCUT2D eigenvalue weighted by Crippen LogP contribution is 2.17. The maximum Gasteiger partial charge on any atom is 0.123 e. The molecule has 0 saturated heterocycles. The summed E-state index contributed by atoms with van der Waals surface area (Å²) < 4.78 is 0. The number of hydrogen-bond acceptors (Lipinski definition) is 1. The van der Waals surface area contributed by atoms with E-state index in [-0.39, 0.29) is 5.92 Å². The van der Waals surface area contributed by atoms with E-state index in [0.29, 0.717) is 5.92 Å². The molecule has 0 aromatic carbocycles. The Morgan fingerprint density at radius 2 is 1.90 bits per heavy atom. The molecule has 0 rings (SSSR count). The lowest BCUT2D eigenvalue weighted by Crippen LogP contribution is -2.09. The molecule has 1 nitrogen and oxygen atoms in total. The number of carbonyl (C=O) groups is 1. The van der Waals surface area contributed by atoms with Crippen LogP contribution in [0.4, 0.5) is 0 Å². The van der Waals surface area contributed by atoms with Gasteiger partial charge in [0.25, 0.3) is 0 Å². The van der Waals surface area contributed by atoms with Crippen molar-refractivity contribution in [3.05, 3.63) is 11.6 Å². The molecule has 10 heavy (non-hydrogen) atoms. The molecular formula is C9H16O. The third-order valence-corrected chi connectivity index (χ3v) is 2.18. The molecule has 0 heterocycles. The van der Waals surface area contributed by atoms with Crippen LogP contribution < -0.4 is 0 Å². The largest absolute Gasteiger partial charge is 0.303 e. The lowest BCUT2D eigenvalue weighted by molar-refractivity contribution is -0.111. The summed E-state index contributed by atoms with van der Waals surface area (Å²) in [6, 6.07) is 0. The van der Waals surface area contributed by atoms with Gasteiger partial charge in [-0.2, -0.15) is 0 Å². The van der Waals surface area contributed by atoms with Crippen LogP contribution in [-0.4, -0.2) is 6.29 Å². The fraction of sp³-hybridized carbons (Fsp3) is 0.667. The van der Waals surface area contributed by atoms with E-state index < -0.39 is 0 Å². The van der Waals surface area contributed by atoms with E-state index in [2.05, 4.69) is 19.9 Å². The monoisotopic (exact) mass is 140 g/mol. The van der Waals surface area contributed by atoms with Gasteiger partial charge in [-0.3, -0.25) is 0 Å². The average molecular weight is 140 g/mol. The van der Waals surface area contributed by atoms with Gasteiger partial charge in [-0.25, -0.2) is 0 Å². The van der Waals surface area contributed by atoms with Gasteiger partial charge < -0.3 is 4.79 Å². The van der Waals surface area contributed by atoms with Gasteiger partial charge in [-0.1, -0.05) is 25.5 Å². The van der Waals surface area contributed by atoms with Gasteiger partial charge in [-0.15, -0.1) is 0 Å². The molecule has 0 radical (unpaired) electrons. The van der Waals surface area contributed by atoms with E-state index >= 15 is 0 Å². The molecule has 58 valence electrons. The second kappa shape index (κ2) is 4.26. The number of aldehydes is 1. The first kappa shape index (κ1) is 9.41. The van der Waals surface area contributed by atoms with Crippen LogP contribution in [0.2, 0.25) is 0 Å². The molecule has 0 bridgehead atoms. The van der Waals surface area contributed by atoms with Crippen LogP contribution in [0.25, 0.3) is 0 Å². The highest BCUT2D eigenvalue weighted by Gasteiger charge is 2.11. The van der Waals surface area contributed by atoms with E-state index in [9.17, 15) is 4.79 Å². The molecule has 2 atom stereocenters. The number of carbonyl (C=O) groups excluding carboxylic acids is 1. The summed E-state index contributed by atoms with van der Waals surface area (Å²) in [5, 5.41) is 0. The fourth-order valence-electron chi connectivity index (χ4n) is 0.795. The maximum atomic E-state index is 10.3. The normalized spacial score (nSPS) is 18.2. The minimum atomic E-state index is 0.149. The zero-order valence-corrected chi connectivity index (χ0v) is 7.22. The molecular weight excluding hydrogens is 124 g/mol. The van der Waals surface area contributed by atoms with Crippen molar-refractivity contribution in [1.82, 2.24) is 0 Å². The van der Waals surface area contributed by atoms with Crippen LogP contribution in [0.3, 0.4) is 0 Å². The summed E-state index contributed by atoms with van der Waals surface area (Å²) >= 11 is 0. The van der Waals surface area contributed by atoms with Crippen molar-refractivity contribution >= 4 is 6.29 Å². The number of hydrogen-bond donors (Lipinski definition) is 0. The van der Waals surface area contributed by atoms with E-state index in [0.717, 1.165) is 6.29 Å². The van der Waals surface area contributed by atoms with Crippen LogP contribution in [0.5, 0.6) is 0 Å². The summed E-state index contributed by atoms with van der Waals surface area (Å²) in [7, 11) is 0. The van der Waals surface area contributed by atoms with Crippen molar-refractivity contribution in [3.63, 3.8) is 0 Å². The minimum absolute atomic E-state index is 0.149. The van der Waals surface area contributed by atoms with E-state index in [1.165, 1.54) is 5.57 Å². The molecule has 0 N–H and O–H groups in total. The molecule has 0 fully saturated rings.